The van der Waals surface area contributed by atoms with Crippen LogP contribution in [-0.2, 0) is 16.0 Å². The second-order valence-electron chi connectivity index (χ2n) is 4.88. The minimum Gasteiger partial charge on any atom is -0.481 e. The monoisotopic (exact) mass is 334 g/mol. The Balaban J connectivity index is 1.62. The van der Waals surface area contributed by atoms with Crippen molar-refractivity contribution in [2.45, 2.75) is 12.8 Å². The lowest BCUT2D eigenvalue weighted by atomic mass is 10.2. The molecular weight excluding hydrogens is 320 g/mol. The number of nitrogens with zero attached hydrogens (tertiary/aromatic N) is 1. The molecule has 0 bridgehead atoms. The Hall–Kier alpha value is -2.61. The molecule has 2 aromatic rings. The number of aromatic nitrogens is 1. The van der Waals surface area contributed by atoms with Gasteiger partial charge in [-0.25, -0.2) is 4.98 Å². The van der Waals surface area contributed by atoms with Gasteiger partial charge in [-0.3, -0.25) is 9.59 Å². The number of benzene rings is 1. The first-order valence-electron chi connectivity index (χ1n) is 6.95. The van der Waals surface area contributed by atoms with E-state index in [2.05, 4.69) is 10.3 Å². The van der Waals surface area contributed by atoms with Crippen LogP contribution in [0.3, 0.4) is 0 Å². The van der Waals surface area contributed by atoms with Crippen LogP contribution in [0.15, 0.2) is 23.6 Å². The first-order chi connectivity index (χ1) is 11.1. The quantitative estimate of drug-likeness (QED) is 0.834. The third kappa shape index (κ3) is 3.78. The number of hydrogen-bond donors (Lipinski definition) is 2. The van der Waals surface area contributed by atoms with Crippen molar-refractivity contribution < 1.29 is 24.2 Å². The lowest BCUT2D eigenvalue weighted by Crippen LogP contribution is -2.27. The Morgan fingerprint density at radius 2 is 2.13 bits per heavy atom. The number of carbonyl (C=O) groups excluding carboxylic acids is 1. The van der Waals surface area contributed by atoms with Crippen LogP contribution in [-0.4, -0.2) is 35.3 Å². The maximum atomic E-state index is 11.7. The molecule has 0 saturated heterocycles. The number of carbonyl (C=O) groups is 2. The second kappa shape index (κ2) is 6.66. The molecule has 2 heterocycles. The normalized spacial score (nSPS) is 12.2. The largest absolute Gasteiger partial charge is 0.481 e. The topological polar surface area (TPSA) is 97.8 Å². The van der Waals surface area contributed by atoms with Gasteiger partial charge < -0.3 is 19.9 Å². The van der Waals surface area contributed by atoms with Crippen LogP contribution < -0.4 is 14.8 Å². The van der Waals surface area contributed by atoms with Crippen LogP contribution >= 0.6 is 11.3 Å². The van der Waals surface area contributed by atoms with E-state index >= 15 is 0 Å². The predicted molar refractivity (Wildman–Crippen MR) is 82.6 cm³/mol. The standard InChI is InChI=1S/C15H14N2O5S/c18-13(16-4-3-14(19)20)6-10-7-23-15(17-10)9-1-2-11-12(5-9)22-8-21-11/h1-2,5,7H,3-4,6,8H2,(H,16,18)(H,19,20). The SMILES string of the molecule is O=C(O)CCNC(=O)Cc1csc(-c2ccc3c(c2)OCO3)n1. The number of thiazole rings is 1. The number of fused-ring (bicyclic) bond motifs is 1. The molecule has 1 aromatic carbocycles. The van der Waals surface area contributed by atoms with Crippen LogP contribution in [0.1, 0.15) is 12.1 Å². The van der Waals surface area contributed by atoms with Gasteiger partial charge in [0.05, 0.1) is 18.5 Å². The van der Waals surface area contributed by atoms with E-state index in [-0.39, 0.29) is 32.1 Å². The second-order valence-corrected chi connectivity index (χ2v) is 5.74. The highest BCUT2D eigenvalue weighted by atomic mass is 32.1. The molecule has 120 valence electrons. The van der Waals surface area contributed by atoms with Gasteiger partial charge in [-0.1, -0.05) is 0 Å². The minimum atomic E-state index is -0.941. The zero-order valence-corrected chi connectivity index (χ0v) is 12.9. The van der Waals surface area contributed by atoms with E-state index in [1.165, 1.54) is 11.3 Å². The van der Waals surface area contributed by atoms with Crippen LogP contribution in [0.4, 0.5) is 0 Å². The van der Waals surface area contributed by atoms with Gasteiger partial charge in [0, 0.05) is 17.5 Å². The average Bonchev–Trinajstić information content (AvgIpc) is 3.14. The molecule has 0 fully saturated rings. The van der Waals surface area contributed by atoms with Crippen molar-refractivity contribution >= 4 is 23.2 Å². The van der Waals surface area contributed by atoms with Crippen LogP contribution in [0.25, 0.3) is 10.6 Å². The van der Waals surface area contributed by atoms with Gasteiger partial charge in [-0.05, 0) is 18.2 Å². The van der Waals surface area contributed by atoms with Crippen molar-refractivity contribution in [2.24, 2.45) is 0 Å². The summed E-state index contributed by atoms with van der Waals surface area (Å²) in [6.07, 6.45) is 0.0337. The van der Waals surface area contributed by atoms with E-state index < -0.39 is 5.97 Å². The predicted octanol–water partition coefficient (Wildman–Crippen LogP) is 1.67. The summed E-state index contributed by atoms with van der Waals surface area (Å²) in [4.78, 5) is 26.6. The van der Waals surface area contributed by atoms with Crippen molar-refractivity contribution in [1.82, 2.24) is 10.3 Å². The maximum Gasteiger partial charge on any atom is 0.305 e. The molecule has 0 aliphatic carbocycles. The summed E-state index contributed by atoms with van der Waals surface area (Å²) >= 11 is 1.44. The number of carboxylic acids is 1. The summed E-state index contributed by atoms with van der Waals surface area (Å²) in [6.45, 7) is 0.339. The van der Waals surface area contributed by atoms with Crippen molar-refractivity contribution in [3.05, 3.63) is 29.3 Å². The fraction of sp³-hybridized carbons (Fsp3) is 0.267. The number of rotatable bonds is 6. The highest BCUT2D eigenvalue weighted by molar-refractivity contribution is 7.13. The van der Waals surface area contributed by atoms with Crippen LogP contribution in [0.2, 0.25) is 0 Å². The number of ether oxygens (including phenoxy) is 2. The lowest BCUT2D eigenvalue weighted by molar-refractivity contribution is -0.136. The molecule has 1 aromatic heterocycles. The first kappa shape index (κ1) is 15.3. The molecule has 0 saturated carbocycles. The highest BCUT2D eigenvalue weighted by Gasteiger charge is 2.15. The Morgan fingerprint density at radius 3 is 2.96 bits per heavy atom. The molecule has 8 heteroatoms. The lowest BCUT2D eigenvalue weighted by Gasteiger charge is -2.01. The van der Waals surface area contributed by atoms with Gasteiger partial charge in [0.25, 0.3) is 0 Å². The molecule has 1 aliphatic heterocycles. The molecule has 2 N–H and O–H groups in total. The van der Waals surface area contributed by atoms with E-state index in [0.717, 1.165) is 10.6 Å². The fourth-order valence-electron chi connectivity index (χ4n) is 2.09. The van der Waals surface area contributed by atoms with Gasteiger partial charge >= 0.3 is 5.97 Å². The Bertz CT molecular complexity index is 743. The molecule has 1 aliphatic rings. The third-order valence-electron chi connectivity index (χ3n) is 3.17. The molecular formula is C15H14N2O5S. The number of aliphatic carboxylic acids is 1. The Kier molecular flexibility index (Phi) is 4.42. The van der Waals surface area contributed by atoms with Gasteiger partial charge in [0.1, 0.15) is 5.01 Å². The van der Waals surface area contributed by atoms with Crippen molar-refractivity contribution in [1.29, 1.82) is 0 Å². The average molecular weight is 334 g/mol. The number of nitrogens with one attached hydrogen (secondary N) is 1. The smallest absolute Gasteiger partial charge is 0.305 e. The van der Waals surface area contributed by atoms with E-state index in [9.17, 15) is 9.59 Å². The summed E-state index contributed by atoms with van der Waals surface area (Å²) in [5.74, 6) is 0.215. The third-order valence-corrected chi connectivity index (χ3v) is 4.11. The molecule has 0 unspecified atom stereocenters. The molecule has 0 atom stereocenters. The first-order valence-corrected chi connectivity index (χ1v) is 7.83. The summed E-state index contributed by atoms with van der Waals surface area (Å²) in [7, 11) is 0. The van der Waals surface area contributed by atoms with Gasteiger partial charge in [-0.2, -0.15) is 0 Å². The summed E-state index contributed by atoms with van der Waals surface area (Å²) in [5, 5.41) is 13.7. The minimum absolute atomic E-state index is 0.0920. The van der Waals surface area contributed by atoms with E-state index in [4.69, 9.17) is 14.6 Å². The van der Waals surface area contributed by atoms with Gasteiger partial charge in [0.2, 0.25) is 12.7 Å². The Labute approximate surface area is 135 Å². The van der Waals surface area contributed by atoms with Crippen molar-refractivity contribution in [3.8, 4) is 22.1 Å². The molecule has 0 radical (unpaired) electrons. The summed E-state index contributed by atoms with van der Waals surface area (Å²) in [5.41, 5.74) is 1.55. The Morgan fingerprint density at radius 1 is 1.30 bits per heavy atom. The molecule has 0 spiro atoms. The molecule has 23 heavy (non-hydrogen) atoms. The van der Waals surface area contributed by atoms with Crippen LogP contribution in [0, 0.1) is 0 Å². The number of carboxylic acid groups (broad SMARTS) is 1. The van der Waals surface area contributed by atoms with Crippen molar-refractivity contribution in [2.75, 3.05) is 13.3 Å². The summed E-state index contributed by atoms with van der Waals surface area (Å²) in [6, 6.07) is 5.58. The van der Waals surface area contributed by atoms with E-state index in [1.807, 2.05) is 23.6 Å². The molecule has 1 amide bonds. The molecule has 7 nitrogen and oxygen atoms in total. The van der Waals surface area contributed by atoms with Crippen LogP contribution in [0.5, 0.6) is 11.5 Å². The zero-order valence-electron chi connectivity index (χ0n) is 12.1. The van der Waals surface area contributed by atoms with E-state index in [0.29, 0.717) is 17.2 Å². The fourth-order valence-corrected chi connectivity index (χ4v) is 2.90. The maximum absolute atomic E-state index is 11.7. The zero-order chi connectivity index (χ0) is 16.2. The number of amides is 1. The summed E-state index contributed by atoms with van der Waals surface area (Å²) < 4.78 is 10.6. The van der Waals surface area contributed by atoms with Gasteiger partial charge in [-0.15, -0.1) is 11.3 Å². The number of hydrogen-bond acceptors (Lipinski definition) is 6. The molecule has 3 rings (SSSR count). The van der Waals surface area contributed by atoms with Gasteiger partial charge in [0.15, 0.2) is 11.5 Å². The van der Waals surface area contributed by atoms with E-state index in [1.54, 1.807) is 0 Å². The highest BCUT2D eigenvalue weighted by Crippen LogP contribution is 2.36. The van der Waals surface area contributed by atoms with Crippen molar-refractivity contribution in [3.63, 3.8) is 0 Å².